The van der Waals surface area contributed by atoms with E-state index in [9.17, 15) is 5.11 Å². The summed E-state index contributed by atoms with van der Waals surface area (Å²) in [6.07, 6.45) is 7.89. The van der Waals surface area contributed by atoms with Crippen molar-refractivity contribution in [3.63, 3.8) is 0 Å². The molecule has 0 radical (unpaired) electrons. The van der Waals surface area contributed by atoms with Crippen LogP contribution < -0.4 is 0 Å². The van der Waals surface area contributed by atoms with Gasteiger partial charge in [-0.1, -0.05) is 13.8 Å². The van der Waals surface area contributed by atoms with Crippen molar-refractivity contribution in [2.45, 2.75) is 70.9 Å². The molecule has 1 aliphatic carbocycles. The van der Waals surface area contributed by atoms with Crippen LogP contribution >= 0.6 is 0 Å². The van der Waals surface area contributed by atoms with Gasteiger partial charge in [0.1, 0.15) is 0 Å². The second-order valence-electron chi connectivity index (χ2n) is 7.30. The van der Waals surface area contributed by atoms with Gasteiger partial charge < -0.3 is 15.1 Å². The fourth-order valence-corrected chi connectivity index (χ4v) is 4.18. The van der Waals surface area contributed by atoms with Gasteiger partial charge in [-0.2, -0.15) is 0 Å². The number of nitrogens with zero attached hydrogens (tertiary/aromatic N) is 1. The lowest BCUT2D eigenvalue weighted by Gasteiger charge is -2.38. The molecule has 1 heterocycles. The Morgan fingerprint density at radius 3 is 2.70 bits per heavy atom. The summed E-state index contributed by atoms with van der Waals surface area (Å²) in [5.74, 6) is 2.00. The maximum atomic E-state index is 10.3. The Hall–Kier alpha value is -0.120. The second-order valence-corrected chi connectivity index (χ2v) is 7.30. The van der Waals surface area contributed by atoms with Crippen LogP contribution in [0.2, 0.25) is 0 Å². The Balaban J connectivity index is 1.86. The largest absolute Gasteiger partial charge is 0.396 e. The quantitative estimate of drug-likeness (QED) is 0.787. The van der Waals surface area contributed by atoms with E-state index >= 15 is 0 Å². The molecule has 2 N–H and O–H groups in total. The monoisotopic (exact) mass is 283 g/mol. The molecule has 3 heteroatoms. The van der Waals surface area contributed by atoms with Gasteiger partial charge in [0.2, 0.25) is 0 Å². The van der Waals surface area contributed by atoms with E-state index in [0.717, 1.165) is 37.6 Å². The molecule has 4 unspecified atom stereocenters. The maximum absolute atomic E-state index is 10.3. The molecule has 118 valence electrons. The second kappa shape index (κ2) is 7.77. The van der Waals surface area contributed by atoms with Crippen LogP contribution in [0.25, 0.3) is 0 Å². The summed E-state index contributed by atoms with van der Waals surface area (Å²) in [7, 11) is 0. The summed E-state index contributed by atoms with van der Waals surface area (Å²) < 4.78 is 0. The highest BCUT2D eigenvalue weighted by Crippen LogP contribution is 2.35. The van der Waals surface area contributed by atoms with E-state index in [2.05, 4.69) is 18.7 Å². The first kappa shape index (κ1) is 16.3. The topological polar surface area (TPSA) is 43.7 Å². The molecule has 3 nitrogen and oxygen atoms in total. The fraction of sp³-hybridized carbons (Fsp3) is 1.00. The van der Waals surface area contributed by atoms with Crippen molar-refractivity contribution < 1.29 is 10.2 Å². The van der Waals surface area contributed by atoms with Gasteiger partial charge in [-0.15, -0.1) is 0 Å². The van der Waals surface area contributed by atoms with Crippen LogP contribution in [0.1, 0.15) is 58.8 Å². The predicted octanol–water partition coefficient (Wildman–Crippen LogP) is 2.66. The van der Waals surface area contributed by atoms with Crippen molar-refractivity contribution in [3.05, 3.63) is 0 Å². The SMILES string of the molecule is CC(C)C1CCC(O)C(CN2CCCC2CCCO)C1. The van der Waals surface area contributed by atoms with E-state index in [0.29, 0.717) is 18.6 Å². The van der Waals surface area contributed by atoms with Crippen molar-refractivity contribution in [2.75, 3.05) is 19.7 Å². The van der Waals surface area contributed by atoms with Crippen LogP contribution in [-0.4, -0.2) is 47.0 Å². The minimum atomic E-state index is -0.0934. The molecule has 2 rings (SSSR count). The summed E-state index contributed by atoms with van der Waals surface area (Å²) in [6.45, 7) is 7.20. The summed E-state index contributed by atoms with van der Waals surface area (Å²) in [6, 6.07) is 0.647. The summed E-state index contributed by atoms with van der Waals surface area (Å²) in [5.41, 5.74) is 0. The van der Waals surface area contributed by atoms with Crippen LogP contribution in [0.5, 0.6) is 0 Å². The third-order valence-electron chi connectivity index (χ3n) is 5.59. The first-order valence-corrected chi connectivity index (χ1v) is 8.64. The van der Waals surface area contributed by atoms with Crippen LogP contribution in [0.3, 0.4) is 0 Å². The van der Waals surface area contributed by atoms with Gasteiger partial charge in [0, 0.05) is 19.2 Å². The zero-order valence-corrected chi connectivity index (χ0v) is 13.3. The Labute approximate surface area is 124 Å². The molecule has 0 aromatic heterocycles. The number of rotatable bonds is 6. The highest BCUT2D eigenvalue weighted by molar-refractivity contribution is 4.87. The standard InChI is InChI=1S/C17H33NO2/c1-13(2)14-7-8-17(20)15(11-14)12-18-9-3-5-16(18)6-4-10-19/h13-17,19-20H,3-12H2,1-2H3. The van der Waals surface area contributed by atoms with E-state index in [1.807, 2.05) is 0 Å². The highest BCUT2D eigenvalue weighted by Gasteiger charge is 2.34. The first-order chi connectivity index (χ1) is 9.61. The van der Waals surface area contributed by atoms with Gasteiger partial charge in [-0.3, -0.25) is 0 Å². The highest BCUT2D eigenvalue weighted by atomic mass is 16.3. The Bertz CT molecular complexity index is 282. The smallest absolute Gasteiger partial charge is 0.0580 e. The van der Waals surface area contributed by atoms with Crippen molar-refractivity contribution in [1.82, 2.24) is 4.90 Å². The van der Waals surface area contributed by atoms with Crippen molar-refractivity contribution >= 4 is 0 Å². The van der Waals surface area contributed by atoms with Crippen molar-refractivity contribution in [2.24, 2.45) is 17.8 Å². The summed E-state index contributed by atoms with van der Waals surface area (Å²) >= 11 is 0. The van der Waals surface area contributed by atoms with Gasteiger partial charge >= 0.3 is 0 Å². The zero-order valence-electron chi connectivity index (χ0n) is 13.3. The minimum Gasteiger partial charge on any atom is -0.396 e. The first-order valence-electron chi connectivity index (χ1n) is 8.64. The van der Waals surface area contributed by atoms with Crippen molar-refractivity contribution in [1.29, 1.82) is 0 Å². The third-order valence-corrected chi connectivity index (χ3v) is 5.59. The van der Waals surface area contributed by atoms with E-state index in [1.54, 1.807) is 0 Å². The lowest BCUT2D eigenvalue weighted by atomic mass is 9.74. The molecular weight excluding hydrogens is 250 g/mol. The lowest BCUT2D eigenvalue weighted by Crippen LogP contribution is -2.41. The van der Waals surface area contributed by atoms with Gasteiger partial charge in [0.15, 0.2) is 0 Å². The molecule has 2 fully saturated rings. The number of aliphatic hydroxyl groups is 2. The number of likely N-dealkylation sites (tertiary alicyclic amines) is 1. The zero-order chi connectivity index (χ0) is 14.5. The molecule has 4 atom stereocenters. The third kappa shape index (κ3) is 4.19. The molecule has 0 aromatic rings. The molecule has 2 aliphatic rings. The molecule has 1 aliphatic heterocycles. The van der Waals surface area contributed by atoms with Crippen molar-refractivity contribution in [3.8, 4) is 0 Å². The van der Waals surface area contributed by atoms with Gasteiger partial charge in [-0.25, -0.2) is 0 Å². The normalized spacial score (nSPS) is 35.9. The average molecular weight is 283 g/mol. The van der Waals surface area contributed by atoms with Gasteiger partial charge in [-0.05, 0) is 69.2 Å². The fourth-order valence-electron chi connectivity index (χ4n) is 4.18. The molecule has 0 bridgehead atoms. The van der Waals surface area contributed by atoms with Crippen LogP contribution in [0, 0.1) is 17.8 Å². The van der Waals surface area contributed by atoms with Crippen LogP contribution in [0.15, 0.2) is 0 Å². The maximum Gasteiger partial charge on any atom is 0.0580 e. The Morgan fingerprint density at radius 1 is 1.20 bits per heavy atom. The van der Waals surface area contributed by atoms with Crippen LogP contribution in [-0.2, 0) is 0 Å². The van der Waals surface area contributed by atoms with E-state index < -0.39 is 0 Å². The number of aliphatic hydroxyl groups excluding tert-OH is 2. The molecule has 1 saturated carbocycles. The summed E-state index contributed by atoms with van der Waals surface area (Å²) in [4.78, 5) is 2.59. The minimum absolute atomic E-state index is 0.0934. The van der Waals surface area contributed by atoms with E-state index in [4.69, 9.17) is 5.11 Å². The van der Waals surface area contributed by atoms with Gasteiger partial charge in [0.05, 0.1) is 6.10 Å². The van der Waals surface area contributed by atoms with Gasteiger partial charge in [0.25, 0.3) is 0 Å². The molecular formula is C17H33NO2. The number of hydrogen-bond donors (Lipinski definition) is 2. The molecule has 0 amide bonds. The van der Waals surface area contributed by atoms with E-state index in [-0.39, 0.29) is 6.10 Å². The predicted molar refractivity (Wildman–Crippen MR) is 82.6 cm³/mol. The average Bonchev–Trinajstić information content (AvgIpc) is 2.86. The summed E-state index contributed by atoms with van der Waals surface area (Å²) in [5, 5.41) is 19.3. The lowest BCUT2D eigenvalue weighted by molar-refractivity contribution is 0.0155. The Morgan fingerprint density at radius 2 is 2.00 bits per heavy atom. The van der Waals surface area contributed by atoms with E-state index in [1.165, 1.54) is 32.2 Å². The molecule has 1 saturated heterocycles. The molecule has 0 spiro atoms. The van der Waals surface area contributed by atoms with Crippen LogP contribution in [0.4, 0.5) is 0 Å². The molecule has 0 aromatic carbocycles. The Kier molecular flexibility index (Phi) is 6.31. The molecule has 20 heavy (non-hydrogen) atoms. The number of hydrogen-bond acceptors (Lipinski definition) is 3.